The van der Waals surface area contributed by atoms with Crippen LogP contribution in [0, 0.1) is 5.92 Å². The molecular weight excluding hydrogens is 162 g/mol. The highest BCUT2D eigenvalue weighted by molar-refractivity contribution is 7.88. The summed E-state index contributed by atoms with van der Waals surface area (Å²) in [6.07, 6.45) is 6.10. The van der Waals surface area contributed by atoms with Gasteiger partial charge in [0.25, 0.3) is 0 Å². The molecule has 0 saturated heterocycles. The molecule has 1 fully saturated rings. The second kappa shape index (κ2) is 3.54. The standard InChI is InChI=1S/C7H15NO2S/c1-11(9,10)8-6-5-7-3-2-4-7/h7-8H,2-6H2,1H3. The van der Waals surface area contributed by atoms with E-state index in [1.807, 2.05) is 0 Å². The van der Waals surface area contributed by atoms with Crippen molar-refractivity contribution in [3.8, 4) is 0 Å². The molecule has 0 unspecified atom stereocenters. The van der Waals surface area contributed by atoms with Gasteiger partial charge in [-0.3, -0.25) is 0 Å². The largest absolute Gasteiger partial charge is 0.215 e. The predicted molar refractivity (Wildman–Crippen MR) is 44.8 cm³/mol. The predicted octanol–water partition coefficient (Wildman–Crippen LogP) is 0.726. The van der Waals surface area contributed by atoms with E-state index in [1.165, 1.54) is 25.5 Å². The number of sulfonamides is 1. The van der Waals surface area contributed by atoms with Gasteiger partial charge in [-0.15, -0.1) is 0 Å². The second-order valence-electron chi connectivity index (χ2n) is 3.25. The Morgan fingerprint density at radius 1 is 1.45 bits per heavy atom. The van der Waals surface area contributed by atoms with E-state index in [2.05, 4.69) is 4.72 Å². The van der Waals surface area contributed by atoms with Gasteiger partial charge in [0.15, 0.2) is 0 Å². The molecule has 0 radical (unpaired) electrons. The number of hydrogen-bond donors (Lipinski definition) is 1. The molecule has 0 aliphatic heterocycles. The Morgan fingerprint density at radius 3 is 2.45 bits per heavy atom. The third-order valence-electron chi connectivity index (χ3n) is 2.14. The Hall–Kier alpha value is -0.0900. The van der Waals surface area contributed by atoms with E-state index >= 15 is 0 Å². The summed E-state index contributed by atoms with van der Waals surface area (Å²) in [5, 5.41) is 0. The van der Waals surface area contributed by atoms with Crippen molar-refractivity contribution in [1.29, 1.82) is 0 Å². The molecule has 0 atom stereocenters. The van der Waals surface area contributed by atoms with Gasteiger partial charge in [0.1, 0.15) is 0 Å². The fourth-order valence-electron chi connectivity index (χ4n) is 1.23. The maximum Gasteiger partial charge on any atom is 0.208 e. The molecule has 0 spiro atoms. The second-order valence-corrected chi connectivity index (χ2v) is 5.09. The van der Waals surface area contributed by atoms with Gasteiger partial charge in [0.05, 0.1) is 6.26 Å². The van der Waals surface area contributed by atoms with Crippen molar-refractivity contribution < 1.29 is 8.42 Å². The van der Waals surface area contributed by atoms with Crippen LogP contribution in [0.1, 0.15) is 25.7 Å². The molecule has 4 heteroatoms. The van der Waals surface area contributed by atoms with E-state index in [0.717, 1.165) is 12.3 Å². The van der Waals surface area contributed by atoms with Crippen molar-refractivity contribution >= 4 is 10.0 Å². The molecule has 0 aromatic heterocycles. The van der Waals surface area contributed by atoms with Crippen molar-refractivity contribution in [2.75, 3.05) is 12.8 Å². The maximum absolute atomic E-state index is 10.6. The monoisotopic (exact) mass is 177 g/mol. The van der Waals surface area contributed by atoms with Gasteiger partial charge in [-0.25, -0.2) is 13.1 Å². The van der Waals surface area contributed by atoms with Crippen molar-refractivity contribution in [1.82, 2.24) is 4.72 Å². The maximum atomic E-state index is 10.6. The Balaban J connectivity index is 2.04. The molecule has 1 saturated carbocycles. The number of nitrogens with one attached hydrogen (secondary N) is 1. The molecule has 0 aromatic rings. The summed E-state index contributed by atoms with van der Waals surface area (Å²) < 4.78 is 23.7. The molecule has 1 rings (SSSR count). The Morgan fingerprint density at radius 2 is 2.09 bits per heavy atom. The van der Waals surface area contributed by atoms with Crippen LogP contribution < -0.4 is 4.72 Å². The van der Waals surface area contributed by atoms with Crippen molar-refractivity contribution in [2.24, 2.45) is 5.92 Å². The minimum atomic E-state index is -2.95. The highest BCUT2D eigenvalue weighted by Crippen LogP contribution is 2.28. The lowest BCUT2D eigenvalue weighted by atomic mass is 9.83. The molecule has 1 aliphatic carbocycles. The molecule has 3 nitrogen and oxygen atoms in total. The molecule has 0 heterocycles. The molecule has 1 N–H and O–H groups in total. The zero-order chi connectivity index (χ0) is 8.32. The van der Waals surface area contributed by atoms with Gasteiger partial charge in [-0.2, -0.15) is 0 Å². The van der Waals surface area contributed by atoms with E-state index in [9.17, 15) is 8.42 Å². The van der Waals surface area contributed by atoms with Crippen LogP contribution in [0.25, 0.3) is 0 Å². The van der Waals surface area contributed by atoms with Crippen molar-refractivity contribution in [3.63, 3.8) is 0 Å². The molecule has 0 aromatic carbocycles. The minimum Gasteiger partial charge on any atom is -0.215 e. The van der Waals surface area contributed by atoms with Crippen LogP contribution in [0.4, 0.5) is 0 Å². The quantitative estimate of drug-likeness (QED) is 0.688. The zero-order valence-corrected chi connectivity index (χ0v) is 7.65. The van der Waals surface area contributed by atoms with Crippen LogP contribution in [0.3, 0.4) is 0 Å². The zero-order valence-electron chi connectivity index (χ0n) is 6.84. The lowest BCUT2D eigenvalue weighted by Crippen LogP contribution is -2.26. The Kier molecular flexibility index (Phi) is 2.90. The topological polar surface area (TPSA) is 46.2 Å². The van der Waals surface area contributed by atoms with Crippen LogP contribution in [0.2, 0.25) is 0 Å². The van der Waals surface area contributed by atoms with E-state index in [4.69, 9.17) is 0 Å². The van der Waals surface area contributed by atoms with E-state index < -0.39 is 10.0 Å². The first-order valence-electron chi connectivity index (χ1n) is 4.02. The van der Waals surface area contributed by atoms with Crippen LogP contribution in [0.5, 0.6) is 0 Å². The first-order valence-corrected chi connectivity index (χ1v) is 5.92. The molecule has 66 valence electrons. The summed E-state index contributed by atoms with van der Waals surface area (Å²) in [5.41, 5.74) is 0. The van der Waals surface area contributed by atoms with Crippen molar-refractivity contribution in [3.05, 3.63) is 0 Å². The molecular formula is C7H15NO2S. The average molecular weight is 177 g/mol. The van der Waals surface area contributed by atoms with E-state index in [1.54, 1.807) is 0 Å². The van der Waals surface area contributed by atoms with Crippen LogP contribution >= 0.6 is 0 Å². The first-order chi connectivity index (χ1) is 5.08. The first kappa shape index (κ1) is 9.00. The summed E-state index contributed by atoms with van der Waals surface area (Å²) in [6.45, 7) is 0.615. The number of hydrogen-bond acceptors (Lipinski definition) is 2. The van der Waals surface area contributed by atoms with Crippen LogP contribution in [0.15, 0.2) is 0 Å². The molecule has 0 amide bonds. The molecule has 1 aliphatic rings. The van der Waals surface area contributed by atoms with Gasteiger partial charge >= 0.3 is 0 Å². The van der Waals surface area contributed by atoms with Crippen LogP contribution in [-0.4, -0.2) is 21.2 Å². The van der Waals surface area contributed by atoms with Gasteiger partial charge in [0, 0.05) is 6.54 Å². The van der Waals surface area contributed by atoms with Crippen molar-refractivity contribution in [2.45, 2.75) is 25.7 Å². The van der Waals surface area contributed by atoms with Crippen LogP contribution in [-0.2, 0) is 10.0 Å². The summed E-state index contributed by atoms with van der Waals surface area (Å²) in [6, 6.07) is 0. The SMILES string of the molecule is CS(=O)(=O)NCCC1CCC1. The van der Waals surface area contributed by atoms with E-state index in [-0.39, 0.29) is 0 Å². The summed E-state index contributed by atoms with van der Waals surface area (Å²) >= 11 is 0. The molecule has 11 heavy (non-hydrogen) atoms. The highest BCUT2D eigenvalue weighted by Gasteiger charge is 2.16. The third-order valence-corrected chi connectivity index (χ3v) is 2.87. The number of rotatable bonds is 4. The molecule has 0 bridgehead atoms. The third kappa shape index (κ3) is 3.72. The smallest absolute Gasteiger partial charge is 0.208 e. The fourth-order valence-corrected chi connectivity index (χ4v) is 1.72. The lowest BCUT2D eigenvalue weighted by molar-refractivity contribution is 0.297. The Bertz CT molecular complexity index is 206. The summed E-state index contributed by atoms with van der Waals surface area (Å²) in [5.74, 6) is 0.782. The minimum absolute atomic E-state index is 0.615. The van der Waals surface area contributed by atoms with Gasteiger partial charge in [-0.1, -0.05) is 19.3 Å². The Labute approximate surface area is 68.2 Å². The summed E-state index contributed by atoms with van der Waals surface area (Å²) in [4.78, 5) is 0. The van der Waals surface area contributed by atoms with E-state index in [0.29, 0.717) is 6.54 Å². The van der Waals surface area contributed by atoms with Gasteiger partial charge in [-0.05, 0) is 12.3 Å². The lowest BCUT2D eigenvalue weighted by Gasteiger charge is -2.24. The average Bonchev–Trinajstić information content (AvgIpc) is 1.73. The highest BCUT2D eigenvalue weighted by atomic mass is 32.2. The summed E-state index contributed by atoms with van der Waals surface area (Å²) in [7, 11) is -2.95. The van der Waals surface area contributed by atoms with Gasteiger partial charge in [0.2, 0.25) is 10.0 Å². The van der Waals surface area contributed by atoms with Gasteiger partial charge < -0.3 is 0 Å². The fraction of sp³-hybridized carbons (Fsp3) is 1.00. The normalized spacial score (nSPS) is 19.7.